The topological polar surface area (TPSA) is 51.0 Å². The third-order valence-electron chi connectivity index (χ3n) is 2.86. The van der Waals surface area contributed by atoms with Gasteiger partial charge in [0.25, 0.3) is 0 Å². The molecule has 2 heterocycles. The van der Waals surface area contributed by atoms with E-state index in [4.69, 9.17) is 11.1 Å². The quantitative estimate of drug-likeness (QED) is 0.502. The molecule has 1 unspecified atom stereocenters. The van der Waals surface area contributed by atoms with Gasteiger partial charge in [-0.3, -0.25) is 0 Å². The van der Waals surface area contributed by atoms with Crippen molar-refractivity contribution in [2.24, 2.45) is 0 Å². The lowest BCUT2D eigenvalue weighted by Crippen LogP contribution is -2.31. The molecule has 4 nitrogen and oxygen atoms in total. The summed E-state index contributed by atoms with van der Waals surface area (Å²) in [7, 11) is 0. The van der Waals surface area contributed by atoms with Gasteiger partial charge in [0.15, 0.2) is 5.03 Å². The second-order valence-corrected chi connectivity index (χ2v) is 5.28. The van der Waals surface area contributed by atoms with E-state index in [9.17, 15) is 0 Å². The predicted molar refractivity (Wildman–Crippen MR) is 73.1 cm³/mol. The molecule has 0 aromatic carbocycles. The van der Waals surface area contributed by atoms with Crippen molar-refractivity contribution in [3.05, 3.63) is 11.8 Å². The minimum absolute atomic E-state index is 0.302. The summed E-state index contributed by atoms with van der Waals surface area (Å²) >= 11 is 1.66. The van der Waals surface area contributed by atoms with E-state index in [1.54, 1.807) is 11.8 Å². The van der Waals surface area contributed by atoms with Crippen LogP contribution in [0.15, 0.2) is 15.7 Å². The van der Waals surface area contributed by atoms with E-state index >= 15 is 0 Å². The Labute approximate surface area is 112 Å². The van der Waals surface area contributed by atoms with E-state index in [0.29, 0.717) is 6.04 Å². The minimum Gasteiger partial charge on any atom is -0.310 e. The summed E-state index contributed by atoms with van der Waals surface area (Å²) in [4.78, 5) is 0. The van der Waals surface area contributed by atoms with Gasteiger partial charge in [-0.2, -0.15) is 0 Å². The smallest absolute Gasteiger partial charge is 0.168 e. The molecular formula is C13H17N3OS. The fourth-order valence-corrected chi connectivity index (χ4v) is 2.77. The van der Waals surface area contributed by atoms with Crippen LogP contribution in [0, 0.1) is 12.3 Å². The first-order valence-corrected chi connectivity index (χ1v) is 7.14. The summed E-state index contributed by atoms with van der Waals surface area (Å²) in [5.41, 5.74) is 2.06. The average molecular weight is 263 g/mol. The highest BCUT2D eigenvalue weighted by atomic mass is 32.2. The molecule has 0 fully saturated rings. The van der Waals surface area contributed by atoms with E-state index in [-0.39, 0.29) is 0 Å². The van der Waals surface area contributed by atoms with Crippen LogP contribution in [0.3, 0.4) is 0 Å². The Morgan fingerprint density at radius 2 is 2.50 bits per heavy atom. The highest BCUT2D eigenvalue weighted by Crippen LogP contribution is 2.29. The van der Waals surface area contributed by atoms with Gasteiger partial charge in [0.1, 0.15) is 5.69 Å². The van der Waals surface area contributed by atoms with Crippen molar-refractivity contribution in [2.75, 3.05) is 12.3 Å². The summed E-state index contributed by atoms with van der Waals surface area (Å²) < 4.78 is 4.87. The molecule has 1 N–H and O–H groups in total. The first-order valence-electron chi connectivity index (χ1n) is 6.15. The molecule has 0 saturated heterocycles. The van der Waals surface area contributed by atoms with Crippen LogP contribution in [0.5, 0.6) is 0 Å². The maximum atomic E-state index is 5.23. The Bertz CT molecular complexity index is 461. The molecule has 1 aromatic heterocycles. The van der Waals surface area contributed by atoms with Gasteiger partial charge in [0.05, 0.1) is 0 Å². The number of terminal acetylenes is 1. The van der Waals surface area contributed by atoms with Crippen LogP contribution < -0.4 is 5.32 Å². The molecule has 18 heavy (non-hydrogen) atoms. The van der Waals surface area contributed by atoms with E-state index in [2.05, 4.69) is 34.6 Å². The molecule has 0 aliphatic carbocycles. The van der Waals surface area contributed by atoms with Crippen LogP contribution in [0.1, 0.15) is 31.9 Å². The SMILES string of the molecule is C#CCCCSc1nonc1C1=CCCNC1C. The largest absolute Gasteiger partial charge is 0.310 e. The Kier molecular flexibility index (Phi) is 4.85. The van der Waals surface area contributed by atoms with Gasteiger partial charge in [-0.1, -0.05) is 6.08 Å². The molecule has 1 aliphatic rings. The minimum atomic E-state index is 0.302. The molecule has 0 saturated carbocycles. The average Bonchev–Trinajstić information content (AvgIpc) is 2.83. The van der Waals surface area contributed by atoms with Crippen LogP contribution >= 0.6 is 11.8 Å². The zero-order valence-corrected chi connectivity index (χ0v) is 11.3. The summed E-state index contributed by atoms with van der Waals surface area (Å²) in [6.45, 7) is 3.15. The summed E-state index contributed by atoms with van der Waals surface area (Å²) in [5, 5.41) is 12.3. The number of hydrogen-bond acceptors (Lipinski definition) is 5. The molecule has 0 spiro atoms. The second kappa shape index (κ2) is 6.62. The second-order valence-electron chi connectivity index (χ2n) is 4.20. The van der Waals surface area contributed by atoms with Crippen molar-refractivity contribution in [3.8, 4) is 12.3 Å². The van der Waals surface area contributed by atoms with Gasteiger partial charge in [0, 0.05) is 18.2 Å². The van der Waals surface area contributed by atoms with Crippen LogP contribution in [0.25, 0.3) is 5.57 Å². The maximum Gasteiger partial charge on any atom is 0.168 e. The molecule has 0 bridgehead atoms. The number of unbranched alkanes of at least 4 members (excludes halogenated alkanes) is 1. The zero-order chi connectivity index (χ0) is 12.8. The highest BCUT2D eigenvalue weighted by Gasteiger charge is 2.21. The van der Waals surface area contributed by atoms with E-state index in [1.807, 2.05) is 0 Å². The molecule has 1 aliphatic heterocycles. The lowest BCUT2D eigenvalue weighted by atomic mass is 10.0. The first kappa shape index (κ1) is 13.2. The molecular weight excluding hydrogens is 246 g/mol. The normalized spacial score (nSPS) is 19.3. The molecule has 1 aromatic rings. The van der Waals surface area contributed by atoms with Crippen molar-refractivity contribution >= 4 is 17.3 Å². The maximum absolute atomic E-state index is 5.23. The Balaban J connectivity index is 2.03. The van der Waals surface area contributed by atoms with Crippen molar-refractivity contribution in [2.45, 2.75) is 37.3 Å². The Hall–Kier alpha value is -1.25. The molecule has 2 rings (SSSR count). The number of hydrogen-bond donors (Lipinski definition) is 1. The lowest BCUT2D eigenvalue weighted by molar-refractivity contribution is 0.297. The van der Waals surface area contributed by atoms with E-state index < -0.39 is 0 Å². The zero-order valence-electron chi connectivity index (χ0n) is 10.5. The van der Waals surface area contributed by atoms with Crippen LogP contribution in [0.2, 0.25) is 0 Å². The van der Waals surface area contributed by atoms with Crippen LogP contribution in [0.4, 0.5) is 0 Å². The monoisotopic (exact) mass is 263 g/mol. The fraction of sp³-hybridized carbons (Fsp3) is 0.538. The summed E-state index contributed by atoms with van der Waals surface area (Å²) in [6, 6.07) is 0.302. The molecule has 0 radical (unpaired) electrons. The summed E-state index contributed by atoms with van der Waals surface area (Å²) in [6.07, 6.45) is 10.3. The van der Waals surface area contributed by atoms with Gasteiger partial charge >= 0.3 is 0 Å². The third-order valence-corrected chi connectivity index (χ3v) is 3.90. The van der Waals surface area contributed by atoms with Crippen molar-refractivity contribution < 1.29 is 4.63 Å². The Morgan fingerprint density at radius 3 is 3.28 bits per heavy atom. The molecule has 5 heteroatoms. The van der Waals surface area contributed by atoms with Gasteiger partial charge in [-0.25, -0.2) is 4.63 Å². The highest BCUT2D eigenvalue weighted by molar-refractivity contribution is 7.99. The van der Waals surface area contributed by atoms with Crippen molar-refractivity contribution in [1.82, 2.24) is 15.6 Å². The number of aromatic nitrogens is 2. The van der Waals surface area contributed by atoms with Gasteiger partial charge < -0.3 is 5.32 Å². The standard InChI is InChI=1S/C13H17N3OS/c1-3-4-5-9-18-13-12(15-17-16-13)11-7-6-8-14-10(11)2/h1,7,10,14H,4-6,8-9H2,2H3. The van der Waals surface area contributed by atoms with Crippen molar-refractivity contribution in [3.63, 3.8) is 0 Å². The van der Waals surface area contributed by atoms with Gasteiger partial charge in [0.2, 0.25) is 0 Å². The summed E-state index contributed by atoms with van der Waals surface area (Å²) in [5.74, 6) is 3.58. The molecule has 0 amide bonds. The number of nitrogens with one attached hydrogen (secondary N) is 1. The van der Waals surface area contributed by atoms with E-state index in [0.717, 1.165) is 42.3 Å². The van der Waals surface area contributed by atoms with Crippen LogP contribution in [-0.2, 0) is 0 Å². The number of rotatable bonds is 5. The van der Waals surface area contributed by atoms with Gasteiger partial charge in [-0.05, 0) is 42.2 Å². The predicted octanol–water partition coefficient (Wildman–Crippen LogP) is 2.34. The first-order chi connectivity index (χ1) is 8.83. The van der Waals surface area contributed by atoms with Gasteiger partial charge in [-0.15, -0.1) is 24.1 Å². The molecule has 96 valence electrons. The van der Waals surface area contributed by atoms with Crippen LogP contribution in [-0.4, -0.2) is 28.7 Å². The van der Waals surface area contributed by atoms with E-state index in [1.165, 1.54) is 5.57 Å². The third kappa shape index (κ3) is 3.15. The fourth-order valence-electron chi connectivity index (χ4n) is 1.91. The lowest BCUT2D eigenvalue weighted by Gasteiger charge is -2.20. The number of nitrogens with zero attached hydrogens (tertiary/aromatic N) is 2. The molecule has 1 atom stereocenters. The Morgan fingerprint density at radius 1 is 1.61 bits per heavy atom. The van der Waals surface area contributed by atoms with Crippen molar-refractivity contribution in [1.29, 1.82) is 0 Å². The number of thioether (sulfide) groups is 1.